The Morgan fingerprint density at radius 2 is 1.58 bits per heavy atom. The lowest BCUT2D eigenvalue weighted by Crippen LogP contribution is -2.41. The molecule has 3 aromatic rings. The molecular weight excluding hydrogens is 333 g/mol. The first kappa shape index (κ1) is 17.2. The van der Waals surface area contributed by atoms with Gasteiger partial charge in [-0.3, -0.25) is 20.4 Å². The number of benzene rings is 2. The topological polar surface area (TPSA) is 63.1 Å². The van der Waals surface area contributed by atoms with E-state index in [4.69, 9.17) is 0 Å². The van der Waals surface area contributed by atoms with Gasteiger partial charge in [0.1, 0.15) is 5.82 Å². The van der Waals surface area contributed by atoms with Gasteiger partial charge in [0.05, 0.1) is 11.3 Å². The number of nitrogens with one attached hydrogen (secondary N) is 2. The molecule has 26 heavy (non-hydrogen) atoms. The average Bonchev–Trinajstić information content (AvgIpc) is 3.20. The molecule has 1 aromatic heterocycles. The van der Waals surface area contributed by atoms with E-state index in [0.29, 0.717) is 11.3 Å². The van der Waals surface area contributed by atoms with Gasteiger partial charge in [-0.1, -0.05) is 30.3 Å². The van der Waals surface area contributed by atoms with Gasteiger partial charge in [0, 0.05) is 24.0 Å². The van der Waals surface area contributed by atoms with Crippen LogP contribution < -0.4 is 10.9 Å². The molecule has 2 amide bonds. The van der Waals surface area contributed by atoms with E-state index in [1.54, 1.807) is 41.0 Å². The predicted octanol–water partition coefficient (Wildman–Crippen LogP) is 3.09. The number of halogens is 1. The maximum absolute atomic E-state index is 13.5. The number of hydrazine groups is 1. The smallest absolute Gasteiger partial charge is 0.271 e. The first-order valence-corrected chi connectivity index (χ1v) is 7.90. The Balaban J connectivity index is 1.65. The number of carbonyl (C=O) groups is 2. The molecule has 0 aliphatic rings. The van der Waals surface area contributed by atoms with E-state index < -0.39 is 17.6 Å². The maximum Gasteiger partial charge on any atom is 0.271 e. The second kappa shape index (κ2) is 7.94. The lowest BCUT2D eigenvalue weighted by Gasteiger charge is -2.11. The molecule has 0 spiro atoms. The van der Waals surface area contributed by atoms with Crippen molar-refractivity contribution in [1.82, 2.24) is 15.4 Å². The quantitative estimate of drug-likeness (QED) is 0.562. The van der Waals surface area contributed by atoms with Crippen LogP contribution in [0, 0.1) is 5.82 Å². The highest BCUT2D eigenvalue weighted by molar-refractivity contribution is 6.00. The van der Waals surface area contributed by atoms with E-state index in [9.17, 15) is 14.0 Å². The van der Waals surface area contributed by atoms with Crippen LogP contribution >= 0.6 is 0 Å². The van der Waals surface area contributed by atoms with Crippen molar-refractivity contribution in [2.75, 3.05) is 0 Å². The van der Waals surface area contributed by atoms with Crippen LogP contribution in [0.15, 0.2) is 79.1 Å². The first-order chi connectivity index (χ1) is 12.6. The van der Waals surface area contributed by atoms with Crippen molar-refractivity contribution < 1.29 is 14.0 Å². The summed E-state index contributed by atoms with van der Waals surface area (Å²) >= 11 is 0. The zero-order chi connectivity index (χ0) is 18.4. The third-order valence-electron chi connectivity index (χ3n) is 3.65. The molecule has 0 atom stereocenters. The third-order valence-corrected chi connectivity index (χ3v) is 3.65. The molecule has 2 aromatic carbocycles. The van der Waals surface area contributed by atoms with E-state index in [1.807, 2.05) is 30.6 Å². The van der Waals surface area contributed by atoms with E-state index in [0.717, 1.165) is 6.08 Å². The number of aromatic nitrogens is 1. The summed E-state index contributed by atoms with van der Waals surface area (Å²) in [6, 6.07) is 16.8. The van der Waals surface area contributed by atoms with Crippen LogP contribution in [0.2, 0.25) is 0 Å². The largest absolute Gasteiger partial charge is 0.323 e. The molecule has 0 saturated carbocycles. The Labute approximate surface area is 149 Å². The summed E-state index contributed by atoms with van der Waals surface area (Å²) in [5.41, 5.74) is 6.02. The van der Waals surface area contributed by atoms with Gasteiger partial charge in [0.15, 0.2) is 0 Å². The summed E-state index contributed by atoms with van der Waals surface area (Å²) in [5, 5.41) is 0. The normalized spacial score (nSPS) is 10.7. The molecule has 6 heteroatoms. The molecule has 0 bridgehead atoms. The van der Waals surface area contributed by atoms with Crippen LogP contribution in [-0.4, -0.2) is 16.4 Å². The fourth-order valence-electron chi connectivity index (χ4n) is 2.39. The van der Waals surface area contributed by atoms with Crippen LogP contribution in [0.1, 0.15) is 15.9 Å². The fourth-order valence-corrected chi connectivity index (χ4v) is 2.39. The molecule has 0 aliphatic heterocycles. The number of hydrogen-bond acceptors (Lipinski definition) is 2. The van der Waals surface area contributed by atoms with Crippen LogP contribution in [0.4, 0.5) is 4.39 Å². The number of rotatable bonds is 4. The van der Waals surface area contributed by atoms with Gasteiger partial charge in [0.25, 0.3) is 11.8 Å². The number of nitrogens with zero attached hydrogens (tertiary/aromatic N) is 1. The van der Waals surface area contributed by atoms with E-state index in [2.05, 4.69) is 10.9 Å². The van der Waals surface area contributed by atoms with Gasteiger partial charge < -0.3 is 4.57 Å². The van der Waals surface area contributed by atoms with Crippen LogP contribution in [0.3, 0.4) is 0 Å². The average molecular weight is 349 g/mol. The van der Waals surface area contributed by atoms with Gasteiger partial charge in [-0.05, 0) is 36.4 Å². The van der Waals surface area contributed by atoms with Gasteiger partial charge in [-0.25, -0.2) is 4.39 Å². The van der Waals surface area contributed by atoms with Crippen molar-refractivity contribution in [2.45, 2.75) is 0 Å². The predicted molar refractivity (Wildman–Crippen MR) is 96.8 cm³/mol. The molecule has 0 radical (unpaired) electrons. The van der Waals surface area contributed by atoms with Gasteiger partial charge in [-0.2, -0.15) is 0 Å². The lowest BCUT2D eigenvalue weighted by molar-refractivity contribution is -0.117. The monoisotopic (exact) mass is 349 g/mol. The molecule has 0 unspecified atom stereocenters. The SMILES string of the molecule is O=C(/C=C/c1ccccc1F)NNC(=O)c1ccccc1-n1cccc1. The maximum atomic E-state index is 13.5. The minimum atomic E-state index is -0.569. The number of hydrogen-bond donors (Lipinski definition) is 2. The molecule has 3 rings (SSSR count). The molecule has 5 nitrogen and oxygen atoms in total. The standard InChI is InChI=1S/C20H16FN3O2/c21-17-9-3-1-7-15(17)11-12-19(25)22-23-20(26)16-8-2-4-10-18(16)24-13-5-6-14-24/h1-14H,(H,22,25)(H,23,26)/b12-11+. The minimum absolute atomic E-state index is 0.284. The Kier molecular flexibility index (Phi) is 5.24. The summed E-state index contributed by atoms with van der Waals surface area (Å²) in [4.78, 5) is 24.2. The van der Waals surface area contributed by atoms with Crippen molar-refractivity contribution in [3.05, 3.63) is 96.1 Å². The lowest BCUT2D eigenvalue weighted by atomic mass is 10.1. The molecular formula is C20H16FN3O2. The molecule has 130 valence electrons. The number of carbonyl (C=O) groups excluding carboxylic acids is 2. The Hall–Kier alpha value is -3.67. The summed E-state index contributed by atoms with van der Waals surface area (Å²) in [7, 11) is 0. The van der Waals surface area contributed by atoms with Crippen LogP contribution in [-0.2, 0) is 4.79 Å². The first-order valence-electron chi connectivity index (χ1n) is 7.90. The highest BCUT2D eigenvalue weighted by Gasteiger charge is 2.12. The molecule has 0 aliphatic carbocycles. The summed E-state index contributed by atoms with van der Waals surface area (Å²) in [5.74, 6) is -1.46. The molecule has 0 fully saturated rings. The Bertz CT molecular complexity index is 949. The summed E-state index contributed by atoms with van der Waals surface area (Å²) in [6.45, 7) is 0. The zero-order valence-corrected chi connectivity index (χ0v) is 13.7. The summed E-state index contributed by atoms with van der Waals surface area (Å²) in [6.07, 6.45) is 6.13. The molecule has 0 saturated heterocycles. The van der Waals surface area contributed by atoms with Crippen molar-refractivity contribution in [1.29, 1.82) is 0 Å². The molecule has 1 heterocycles. The van der Waals surface area contributed by atoms with E-state index in [1.165, 1.54) is 12.1 Å². The number of para-hydroxylation sites is 1. The van der Waals surface area contributed by atoms with Gasteiger partial charge in [0.2, 0.25) is 0 Å². The second-order valence-electron chi connectivity index (χ2n) is 5.41. The minimum Gasteiger partial charge on any atom is -0.323 e. The van der Waals surface area contributed by atoms with Crippen molar-refractivity contribution in [3.63, 3.8) is 0 Å². The Morgan fingerprint density at radius 3 is 2.35 bits per heavy atom. The van der Waals surface area contributed by atoms with Crippen LogP contribution in [0.25, 0.3) is 11.8 Å². The van der Waals surface area contributed by atoms with Crippen molar-refractivity contribution in [2.24, 2.45) is 0 Å². The van der Waals surface area contributed by atoms with Gasteiger partial charge in [-0.15, -0.1) is 0 Å². The van der Waals surface area contributed by atoms with E-state index in [-0.39, 0.29) is 5.56 Å². The highest BCUT2D eigenvalue weighted by atomic mass is 19.1. The van der Waals surface area contributed by atoms with Crippen molar-refractivity contribution >= 4 is 17.9 Å². The highest BCUT2D eigenvalue weighted by Crippen LogP contribution is 2.14. The van der Waals surface area contributed by atoms with Crippen molar-refractivity contribution in [3.8, 4) is 5.69 Å². The zero-order valence-electron chi connectivity index (χ0n) is 13.7. The fraction of sp³-hybridized carbons (Fsp3) is 0. The van der Waals surface area contributed by atoms with Crippen LogP contribution in [0.5, 0.6) is 0 Å². The van der Waals surface area contributed by atoms with Gasteiger partial charge >= 0.3 is 0 Å². The summed E-state index contributed by atoms with van der Waals surface area (Å²) < 4.78 is 15.3. The van der Waals surface area contributed by atoms with E-state index >= 15 is 0 Å². The molecule has 2 N–H and O–H groups in total. The Morgan fingerprint density at radius 1 is 0.885 bits per heavy atom. The third kappa shape index (κ3) is 4.05. The second-order valence-corrected chi connectivity index (χ2v) is 5.41. The number of amides is 2.